The Morgan fingerprint density at radius 1 is 1.15 bits per heavy atom. The number of hydrogen-bond donors (Lipinski definition) is 2. The number of fused-ring (bicyclic) bond motifs is 1. The average Bonchev–Trinajstić information content (AvgIpc) is 2.69. The fourth-order valence-corrected chi connectivity index (χ4v) is 3.39. The second-order valence-corrected chi connectivity index (χ2v) is 6.90. The molecule has 0 spiro atoms. The number of rotatable bonds is 7. The van der Waals surface area contributed by atoms with Gasteiger partial charge in [-0.25, -0.2) is 0 Å². The molecular weight excluding hydrogens is 368 g/mol. The van der Waals surface area contributed by atoms with E-state index < -0.39 is 0 Å². The maximum atomic E-state index is 6.31. The summed E-state index contributed by atoms with van der Waals surface area (Å²) in [4.78, 5) is 7.05. The molecule has 1 aromatic rings. The Hall–Kier alpha value is -1.70. The summed E-state index contributed by atoms with van der Waals surface area (Å²) in [5.41, 5.74) is 1.11. The van der Waals surface area contributed by atoms with Crippen LogP contribution in [0.3, 0.4) is 0 Å². The summed E-state index contributed by atoms with van der Waals surface area (Å²) in [5.74, 6) is 2.22. The molecular formula is C19H29ClN4O3. The van der Waals surface area contributed by atoms with Crippen molar-refractivity contribution in [1.29, 1.82) is 0 Å². The van der Waals surface area contributed by atoms with E-state index in [4.69, 9.17) is 25.8 Å². The monoisotopic (exact) mass is 396 g/mol. The molecule has 0 radical (unpaired) electrons. The maximum absolute atomic E-state index is 6.31. The number of nitrogens with zero attached hydrogens (tertiary/aromatic N) is 2. The predicted octanol–water partition coefficient (Wildman–Crippen LogP) is 1.54. The summed E-state index contributed by atoms with van der Waals surface area (Å²) in [5, 5.41) is 7.28. The van der Waals surface area contributed by atoms with Crippen molar-refractivity contribution in [3.05, 3.63) is 22.7 Å². The smallest absolute Gasteiger partial charge is 0.191 e. The summed E-state index contributed by atoms with van der Waals surface area (Å²) in [6.45, 7) is 10.1. The van der Waals surface area contributed by atoms with Gasteiger partial charge >= 0.3 is 0 Å². The van der Waals surface area contributed by atoms with E-state index in [1.165, 1.54) is 0 Å². The fraction of sp³-hybridized carbons (Fsp3) is 0.632. The first-order valence-corrected chi connectivity index (χ1v) is 10.0. The van der Waals surface area contributed by atoms with Gasteiger partial charge in [0.25, 0.3) is 0 Å². The highest BCUT2D eigenvalue weighted by atomic mass is 35.5. The van der Waals surface area contributed by atoms with E-state index in [-0.39, 0.29) is 0 Å². The van der Waals surface area contributed by atoms with Crippen LogP contribution >= 0.6 is 11.6 Å². The van der Waals surface area contributed by atoms with E-state index in [2.05, 4.69) is 27.4 Å². The first-order valence-electron chi connectivity index (χ1n) is 9.66. The Kier molecular flexibility index (Phi) is 7.86. The lowest BCUT2D eigenvalue weighted by atomic mass is 10.1. The molecule has 8 heteroatoms. The molecule has 0 bridgehead atoms. The van der Waals surface area contributed by atoms with Crippen molar-refractivity contribution in [2.45, 2.75) is 13.3 Å². The summed E-state index contributed by atoms with van der Waals surface area (Å²) < 4.78 is 16.6. The Bertz CT molecular complexity index is 636. The van der Waals surface area contributed by atoms with Crippen LogP contribution in [0.1, 0.15) is 12.5 Å². The van der Waals surface area contributed by atoms with E-state index in [9.17, 15) is 0 Å². The third-order valence-electron chi connectivity index (χ3n) is 4.50. The number of hydrogen-bond acceptors (Lipinski definition) is 5. The molecule has 1 saturated heterocycles. The molecule has 27 heavy (non-hydrogen) atoms. The van der Waals surface area contributed by atoms with Gasteiger partial charge in [0.2, 0.25) is 0 Å². The molecule has 0 atom stereocenters. The quantitative estimate of drug-likeness (QED) is 0.538. The van der Waals surface area contributed by atoms with Gasteiger partial charge in [-0.1, -0.05) is 11.6 Å². The Morgan fingerprint density at radius 2 is 1.96 bits per heavy atom. The van der Waals surface area contributed by atoms with Gasteiger partial charge in [-0.2, -0.15) is 0 Å². The van der Waals surface area contributed by atoms with Crippen LogP contribution in [0, 0.1) is 0 Å². The van der Waals surface area contributed by atoms with Gasteiger partial charge < -0.3 is 24.8 Å². The highest BCUT2D eigenvalue weighted by molar-refractivity contribution is 6.32. The van der Waals surface area contributed by atoms with Gasteiger partial charge in [-0.15, -0.1) is 0 Å². The van der Waals surface area contributed by atoms with Crippen LogP contribution in [0.5, 0.6) is 11.5 Å². The van der Waals surface area contributed by atoms with Crippen LogP contribution in [-0.4, -0.2) is 76.6 Å². The van der Waals surface area contributed by atoms with Gasteiger partial charge in [0.05, 0.1) is 24.8 Å². The minimum absolute atomic E-state index is 0.542. The van der Waals surface area contributed by atoms with Gasteiger partial charge in [0.1, 0.15) is 13.2 Å². The minimum Gasteiger partial charge on any atom is -0.486 e. The van der Waals surface area contributed by atoms with Gasteiger partial charge in [-0.05, 0) is 31.0 Å². The van der Waals surface area contributed by atoms with Gasteiger partial charge in [-0.3, -0.25) is 9.89 Å². The van der Waals surface area contributed by atoms with Crippen molar-refractivity contribution in [2.75, 3.05) is 65.7 Å². The molecule has 2 N–H and O–H groups in total. The topological polar surface area (TPSA) is 67.4 Å². The zero-order chi connectivity index (χ0) is 18.9. The second kappa shape index (κ2) is 10.6. The number of aliphatic imine (C=N–C) groups is 1. The van der Waals surface area contributed by atoms with Gasteiger partial charge in [0.15, 0.2) is 17.5 Å². The van der Waals surface area contributed by atoms with Crippen molar-refractivity contribution in [3.63, 3.8) is 0 Å². The minimum atomic E-state index is 0.542. The fourth-order valence-electron chi connectivity index (χ4n) is 3.10. The summed E-state index contributed by atoms with van der Waals surface area (Å²) in [6.07, 6.45) is 0.824. The number of guanidine groups is 1. The molecule has 7 nitrogen and oxygen atoms in total. The molecule has 2 aliphatic heterocycles. The second-order valence-electron chi connectivity index (χ2n) is 6.49. The predicted molar refractivity (Wildman–Crippen MR) is 107 cm³/mol. The first kappa shape index (κ1) is 20.0. The SMILES string of the molecule is CCNC(=NCCN1CCOCC1)NCCc1cc(Cl)c2c(c1)OCCO2. The summed E-state index contributed by atoms with van der Waals surface area (Å²) in [7, 11) is 0. The van der Waals surface area contributed by atoms with E-state index >= 15 is 0 Å². The Balaban J connectivity index is 1.47. The third kappa shape index (κ3) is 6.16. The van der Waals surface area contributed by atoms with Crippen LogP contribution in [0.15, 0.2) is 17.1 Å². The molecule has 0 saturated carbocycles. The largest absolute Gasteiger partial charge is 0.486 e. The lowest BCUT2D eigenvalue weighted by Crippen LogP contribution is -2.40. The van der Waals surface area contributed by atoms with Crippen molar-refractivity contribution < 1.29 is 14.2 Å². The lowest BCUT2D eigenvalue weighted by molar-refractivity contribution is 0.0394. The molecule has 0 amide bonds. The van der Waals surface area contributed by atoms with E-state index in [1.807, 2.05) is 12.1 Å². The van der Waals surface area contributed by atoms with Crippen molar-refractivity contribution in [3.8, 4) is 11.5 Å². The van der Waals surface area contributed by atoms with Crippen LogP contribution in [0.25, 0.3) is 0 Å². The number of halogens is 1. The Labute approximate surface area is 166 Å². The van der Waals surface area contributed by atoms with Crippen LogP contribution in [0.4, 0.5) is 0 Å². The highest BCUT2D eigenvalue weighted by Crippen LogP contribution is 2.38. The molecule has 1 fully saturated rings. The van der Waals surface area contributed by atoms with Crippen molar-refractivity contribution in [2.24, 2.45) is 4.99 Å². The lowest BCUT2D eigenvalue weighted by Gasteiger charge is -2.25. The van der Waals surface area contributed by atoms with Crippen LogP contribution in [0.2, 0.25) is 5.02 Å². The number of ether oxygens (including phenoxy) is 3. The normalized spacial score (nSPS) is 17.6. The van der Waals surface area contributed by atoms with Crippen molar-refractivity contribution in [1.82, 2.24) is 15.5 Å². The van der Waals surface area contributed by atoms with Crippen LogP contribution < -0.4 is 20.1 Å². The molecule has 3 rings (SSSR count). The van der Waals surface area contributed by atoms with E-state index in [1.54, 1.807) is 0 Å². The highest BCUT2D eigenvalue weighted by Gasteiger charge is 2.16. The van der Waals surface area contributed by atoms with Gasteiger partial charge in [0, 0.05) is 32.7 Å². The average molecular weight is 397 g/mol. The van der Waals surface area contributed by atoms with Crippen molar-refractivity contribution >= 4 is 17.6 Å². The zero-order valence-electron chi connectivity index (χ0n) is 15.9. The van der Waals surface area contributed by atoms with Crippen LogP contribution in [-0.2, 0) is 11.2 Å². The molecule has 150 valence electrons. The third-order valence-corrected chi connectivity index (χ3v) is 4.78. The number of nitrogens with one attached hydrogen (secondary N) is 2. The zero-order valence-corrected chi connectivity index (χ0v) is 16.7. The van der Waals surface area contributed by atoms with E-state index in [0.717, 1.165) is 76.2 Å². The summed E-state index contributed by atoms with van der Waals surface area (Å²) >= 11 is 6.31. The molecule has 0 aromatic heterocycles. The number of benzene rings is 1. The molecule has 0 aliphatic carbocycles. The molecule has 0 unspecified atom stereocenters. The molecule has 2 aliphatic rings. The Morgan fingerprint density at radius 3 is 2.78 bits per heavy atom. The summed E-state index contributed by atoms with van der Waals surface area (Å²) in [6, 6.07) is 3.95. The van der Waals surface area contributed by atoms with E-state index in [0.29, 0.717) is 24.0 Å². The molecule has 2 heterocycles. The first-order chi connectivity index (χ1) is 13.3. The molecule has 1 aromatic carbocycles. The standard InChI is InChI=1S/C19H29ClN4O3/c1-2-21-19(23-5-6-24-7-9-25-10-8-24)22-4-3-15-13-16(20)18-17(14-15)26-11-12-27-18/h13-14H,2-12H2,1H3,(H2,21,22,23). The number of morpholine rings is 1. The maximum Gasteiger partial charge on any atom is 0.191 e.